The molecular formula is C11H15FN2O7. The number of nitrogens with one attached hydrogen (secondary N) is 1. The highest BCUT2D eigenvalue weighted by Gasteiger charge is 2.52. The molecule has 0 bridgehead atoms. The molecule has 1 aromatic rings. The Balaban J connectivity index is 2.51. The molecule has 1 aromatic heterocycles. The molecule has 9 nitrogen and oxygen atoms in total. The zero-order valence-electron chi connectivity index (χ0n) is 10.9. The van der Waals surface area contributed by atoms with Crippen molar-refractivity contribution in [3.63, 3.8) is 0 Å². The summed E-state index contributed by atoms with van der Waals surface area (Å²) in [7, 11) is 0. The normalized spacial score (nSPS) is 36.7. The van der Waals surface area contributed by atoms with Gasteiger partial charge < -0.3 is 25.2 Å². The molecule has 1 saturated heterocycles. The predicted molar refractivity (Wildman–Crippen MR) is 64.9 cm³/mol. The van der Waals surface area contributed by atoms with Crippen molar-refractivity contribution in [2.24, 2.45) is 0 Å². The number of aromatic amines is 1. The first kappa shape index (κ1) is 15.8. The molecule has 5 atom stereocenters. The van der Waals surface area contributed by atoms with Crippen molar-refractivity contribution in [2.45, 2.75) is 37.1 Å². The van der Waals surface area contributed by atoms with Crippen molar-refractivity contribution in [1.29, 1.82) is 0 Å². The Morgan fingerprint density at radius 3 is 2.62 bits per heavy atom. The van der Waals surface area contributed by atoms with Gasteiger partial charge in [-0.3, -0.25) is 14.3 Å². The van der Waals surface area contributed by atoms with Crippen molar-refractivity contribution in [2.75, 3.05) is 6.61 Å². The van der Waals surface area contributed by atoms with Gasteiger partial charge in [0.15, 0.2) is 6.23 Å². The zero-order chi connectivity index (χ0) is 15.9. The van der Waals surface area contributed by atoms with E-state index in [0.29, 0.717) is 10.8 Å². The zero-order valence-corrected chi connectivity index (χ0v) is 10.9. The van der Waals surface area contributed by atoms with Crippen LogP contribution in [0.25, 0.3) is 0 Å². The van der Waals surface area contributed by atoms with E-state index in [1.165, 1.54) is 0 Å². The summed E-state index contributed by atoms with van der Waals surface area (Å²) in [6, 6.07) is 0. The molecule has 0 aliphatic carbocycles. The average Bonchev–Trinajstić information content (AvgIpc) is 2.42. The number of rotatable bonds is 2. The van der Waals surface area contributed by atoms with E-state index in [0.717, 1.165) is 6.92 Å². The number of aliphatic hydroxyl groups excluding tert-OH is 3. The first-order valence-electron chi connectivity index (χ1n) is 6.06. The molecular weight excluding hydrogens is 291 g/mol. The Hall–Kier alpha value is -1.59. The summed E-state index contributed by atoms with van der Waals surface area (Å²) in [5, 5.41) is 39.0. The van der Waals surface area contributed by atoms with Crippen LogP contribution in [0, 0.1) is 5.82 Å². The summed E-state index contributed by atoms with van der Waals surface area (Å²) in [5.74, 6) is -1.29. The molecule has 1 aliphatic heterocycles. The highest BCUT2D eigenvalue weighted by Crippen LogP contribution is 2.34. The van der Waals surface area contributed by atoms with Crippen molar-refractivity contribution < 1.29 is 29.6 Å². The van der Waals surface area contributed by atoms with Gasteiger partial charge in [0, 0.05) is 0 Å². The summed E-state index contributed by atoms with van der Waals surface area (Å²) in [5.41, 5.74) is -4.44. The fraction of sp³-hybridized carbons (Fsp3) is 0.636. The molecule has 1 aliphatic rings. The molecule has 0 unspecified atom stereocenters. The molecule has 0 aromatic carbocycles. The van der Waals surface area contributed by atoms with Crippen LogP contribution in [0.4, 0.5) is 4.39 Å². The second-order valence-corrected chi connectivity index (χ2v) is 5.01. The molecule has 2 heterocycles. The topological polar surface area (TPSA) is 145 Å². The molecule has 10 heteroatoms. The Kier molecular flexibility index (Phi) is 4.00. The second-order valence-electron chi connectivity index (χ2n) is 5.01. The van der Waals surface area contributed by atoms with Gasteiger partial charge in [0.1, 0.15) is 23.9 Å². The third-order valence-electron chi connectivity index (χ3n) is 3.51. The maximum atomic E-state index is 13.3. The number of aromatic nitrogens is 2. The van der Waals surface area contributed by atoms with Crippen molar-refractivity contribution >= 4 is 0 Å². The molecule has 118 valence electrons. The van der Waals surface area contributed by atoms with E-state index in [1.54, 1.807) is 4.98 Å². The van der Waals surface area contributed by atoms with Gasteiger partial charge >= 0.3 is 5.69 Å². The van der Waals surface area contributed by atoms with E-state index in [1.807, 2.05) is 0 Å². The third-order valence-corrected chi connectivity index (χ3v) is 3.51. The fourth-order valence-electron chi connectivity index (χ4n) is 2.18. The van der Waals surface area contributed by atoms with Crippen LogP contribution >= 0.6 is 0 Å². The van der Waals surface area contributed by atoms with Crippen molar-refractivity contribution in [3.8, 4) is 0 Å². The highest BCUT2D eigenvalue weighted by atomic mass is 19.1. The number of ether oxygens (including phenoxy) is 1. The monoisotopic (exact) mass is 306 g/mol. The van der Waals surface area contributed by atoms with E-state index in [4.69, 9.17) is 9.84 Å². The number of nitrogens with zero attached hydrogens (tertiary/aromatic N) is 1. The van der Waals surface area contributed by atoms with Crippen LogP contribution in [0.2, 0.25) is 0 Å². The van der Waals surface area contributed by atoms with Crippen LogP contribution < -0.4 is 11.2 Å². The van der Waals surface area contributed by atoms with E-state index in [-0.39, 0.29) is 0 Å². The van der Waals surface area contributed by atoms with Crippen LogP contribution in [-0.2, 0) is 4.74 Å². The maximum Gasteiger partial charge on any atom is 0.330 e. The van der Waals surface area contributed by atoms with Gasteiger partial charge in [0.2, 0.25) is 5.82 Å². The lowest BCUT2D eigenvalue weighted by molar-refractivity contribution is -0.288. The average molecular weight is 306 g/mol. The number of hydrogen-bond acceptors (Lipinski definition) is 7. The van der Waals surface area contributed by atoms with Gasteiger partial charge in [-0.15, -0.1) is 0 Å². The van der Waals surface area contributed by atoms with E-state index >= 15 is 0 Å². The van der Waals surface area contributed by atoms with Gasteiger partial charge in [-0.2, -0.15) is 4.39 Å². The van der Waals surface area contributed by atoms with Crippen molar-refractivity contribution in [3.05, 3.63) is 32.9 Å². The van der Waals surface area contributed by atoms with Crippen LogP contribution in [0.15, 0.2) is 15.8 Å². The van der Waals surface area contributed by atoms with E-state index < -0.39 is 53.8 Å². The number of halogens is 1. The molecule has 2 rings (SSSR count). The van der Waals surface area contributed by atoms with E-state index in [2.05, 4.69) is 0 Å². The molecule has 0 radical (unpaired) electrons. The lowest BCUT2D eigenvalue weighted by atomic mass is 9.85. The standard InChI is InChI=1S/C11H15FN2O7/c1-11(20)6(16)5(3-15)21-9(7(11)17)14-2-4(12)8(18)13-10(14)19/h2,5-7,9,15-17,20H,3H2,1H3,(H,13,18,19)/t5-,6-,7+,9-,11-/m1/s1. The number of H-pyrrole nitrogens is 1. The minimum absolute atomic E-state index is 0.511. The lowest BCUT2D eigenvalue weighted by Crippen LogP contribution is -2.64. The Morgan fingerprint density at radius 2 is 2.05 bits per heavy atom. The molecule has 21 heavy (non-hydrogen) atoms. The largest absolute Gasteiger partial charge is 0.394 e. The summed E-state index contributed by atoms with van der Waals surface area (Å²) in [4.78, 5) is 24.3. The van der Waals surface area contributed by atoms with Crippen LogP contribution in [0.1, 0.15) is 13.2 Å². The second kappa shape index (κ2) is 5.31. The molecule has 0 spiro atoms. The highest BCUT2D eigenvalue weighted by molar-refractivity contribution is 5.01. The van der Waals surface area contributed by atoms with Crippen LogP contribution in [-0.4, -0.2) is 60.5 Å². The van der Waals surface area contributed by atoms with Gasteiger partial charge in [0.05, 0.1) is 12.8 Å². The fourth-order valence-corrected chi connectivity index (χ4v) is 2.18. The predicted octanol–water partition coefficient (Wildman–Crippen LogP) is -2.96. The molecule has 0 amide bonds. The van der Waals surface area contributed by atoms with Gasteiger partial charge in [-0.05, 0) is 6.92 Å². The van der Waals surface area contributed by atoms with Gasteiger partial charge in [0.25, 0.3) is 5.56 Å². The van der Waals surface area contributed by atoms with Gasteiger partial charge in [-0.25, -0.2) is 4.79 Å². The summed E-state index contributed by atoms with van der Waals surface area (Å²) >= 11 is 0. The number of aliphatic hydroxyl groups is 4. The van der Waals surface area contributed by atoms with E-state index in [9.17, 15) is 29.3 Å². The van der Waals surface area contributed by atoms with Crippen LogP contribution in [0.3, 0.4) is 0 Å². The van der Waals surface area contributed by atoms with Crippen molar-refractivity contribution in [1.82, 2.24) is 9.55 Å². The summed E-state index contributed by atoms with van der Waals surface area (Å²) in [6.45, 7) is 0.370. The Morgan fingerprint density at radius 1 is 1.43 bits per heavy atom. The summed E-state index contributed by atoms with van der Waals surface area (Å²) in [6.07, 6.45) is -5.83. The molecule has 5 N–H and O–H groups in total. The quantitative estimate of drug-likeness (QED) is 0.392. The first-order chi connectivity index (χ1) is 9.70. The SMILES string of the molecule is C[C@@]1(O)[C@H](O)[C@@H](CO)O[C@@H](n2cc(F)c(=O)[nH]c2=O)[C@@H]1O. The Bertz CT molecular complexity index is 640. The lowest BCUT2D eigenvalue weighted by Gasteiger charge is -2.46. The number of hydrogen-bond donors (Lipinski definition) is 5. The summed E-state index contributed by atoms with van der Waals surface area (Å²) < 4.78 is 18.9. The minimum Gasteiger partial charge on any atom is -0.394 e. The smallest absolute Gasteiger partial charge is 0.330 e. The molecule has 0 saturated carbocycles. The minimum atomic E-state index is -2.12. The first-order valence-corrected chi connectivity index (χ1v) is 6.06. The third kappa shape index (κ3) is 2.51. The maximum absolute atomic E-state index is 13.3. The Labute approximate surface area is 116 Å². The van der Waals surface area contributed by atoms with Gasteiger partial charge in [-0.1, -0.05) is 0 Å². The molecule has 1 fully saturated rings. The van der Waals surface area contributed by atoms with Crippen LogP contribution in [0.5, 0.6) is 0 Å².